The number of carbonyl (C=O) groups is 2. The number of rotatable bonds is 8. The summed E-state index contributed by atoms with van der Waals surface area (Å²) in [5.41, 5.74) is 15.4. The maximum Gasteiger partial charge on any atom is 0.303 e. The molecule has 5 heterocycles. The largest absolute Gasteiger partial charge is 0.481 e. The van der Waals surface area contributed by atoms with Gasteiger partial charge in [0.05, 0.1) is 22.8 Å². The SMILES string of the molecule is CCc1c(C)c2cc3[nH]c(cc4nc(cc5nc(cc1[nH]2)C(C)=C5CCC(=O)O)C(CCC(=O)O)=C4C)c(C)c3CC.[Fe]. The Balaban J connectivity index is 0.00000423. The van der Waals surface area contributed by atoms with Crippen LogP contribution in [0.2, 0.25) is 0 Å². The number of carboxylic acids is 2. The van der Waals surface area contributed by atoms with E-state index in [9.17, 15) is 19.8 Å². The number of aliphatic carboxylic acids is 2. The fourth-order valence-corrected chi connectivity index (χ4v) is 6.22. The summed E-state index contributed by atoms with van der Waals surface area (Å²) in [7, 11) is 0. The molecule has 0 spiro atoms. The van der Waals surface area contributed by atoms with Crippen molar-refractivity contribution in [1.29, 1.82) is 0 Å². The predicted molar refractivity (Wildman–Crippen MR) is 168 cm³/mol. The second-order valence-corrected chi connectivity index (χ2v) is 11.2. The zero-order valence-corrected chi connectivity index (χ0v) is 26.6. The van der Waals surface area contributed by atoms with E-state index in [2.05, 4.69) is 49.8 Å². The van der Waals surface area contributed by atoms with Gasteiger partial charge >= 0.3 is 11.9 Å². The molecule has 0 amide bonds. The summed E-state index contributed by atoms with van der Waals surface area (Å²) in [5.74, 6) is -1.74. The Labute approximate surface area is 261 Å². The van der Waals surface area contributed by atoms with E-state index in [1.807, 2.05) is 26.0 Å². The number of allylic oxidation sites excluding steroid dienone is 4. The van der Waals surface area contributed by atoms with E-state index in [1.54, 1.807) is 0 Å². The number of nitrogens with zero attached hydrogens (tertiary/aromatic N) is 2. The molecule has 0 aromatic carbocycles. The summed E-state index contributed by atoms with van der Waals surface area (Å²) in [6.45, 7) is 12.5. The second-order valence-electron chi connectivity index (χ2n) is 11.2. The summed E-state index contributed by atoms with van der Waals surface area (Å²) in [6, 6.07) is 8.19. The first-order valence-electron chi connectivity index (χ1n) is 14.6. The average molecular weight is 623 g/mol. The predicted octanol–water partition coefficient (Wildman–Crippen LogP) is 7.64. The van der Waals surface area contributed by atoms with Crippen molar-refractivity contribution in [1.82, 2.24) is 19.9 Å². The van der Waals surface area contributed by atoms with Crippen LogP contribution >= 0.6 is 0 Å². The van der Waals surface area contributed by atoms with Crippen molar-refractivity contribution in [3.05, 3.63) is 69.3 Å². The molecule has 2 aliphatic heterocycles. The smallest absolute Gasteiger partial charge is 0.303 e. The van der Waals surface area contributed by atoms with Crippen LogP contribution < -0.4 is 0 Å². The third-order valence-corrected chi connectivity index (χ3v) is 8.69. The van der Waals surface area contributed by atoms with Crippen LogP contribution in [0.5, 0.6) is 0 Å². The summed E-state index contributed by atoms with van der Waals surface area (Å²) in [6.07, 6.45) is 2.37. The third-order valence-electron chi connectivity index (χ3n) is 8.69. The van der Waals surface area contributed by atoms with E-state index in [4.69, 9.17) is 9.97 Å². The molecule has 0 saturated heterocycles. The molecule has 0 atom stereocenters. The van der Waals surface area contributed by atoms with Crippen LogP contribution in [0.15, 0.2) is 24.3 Å². The Morgan fingerprint density at radius 3 is 1.44 bits per heavy atom. The van der Waals surface area contributed by atoms with Gasteiger partial charge in [0.2, 0.25) is 0 Å². The van der Waals surface area contributed by atoms with Gasteiger partial charge in [0.15, 0.2) is 0 Å². The molecule has 226 valence electrons. The number of hydrogen-bond acceptors (Lipinski definition) is 4. The van der Waals surface area contributed by atoms with E-state index >= 15 is 0 Å². The van der Waals surface area contributed by atoms with Crippen LogP contribution in [0.3, 0.4) is 0 Å². The number of fused-ring (bicyclic) bond motifs is 8. The van der Waals surface area contributed by atoms with Crippen LogP contribution in [-0.2, 0) is 39.5 Å². The minimum atomic E-state index is -0.869. The molecule has 9 heteroatoms. The Kier molecular flexibility index (Phi) is 9.47. The topological polar surface area (TPSA) is 132 Å². The zero-order chi connectivity index (χ0) is 30.3. The van der Waals surface area contributed by atoms with Gasteiger partial charge in [0, 0.05) is 52.0 Å². The molecule has 0 aliphatic carbocycles. The van der Waals surface area contributed by atoms with Crippen molar-refractivity contribution >= 4 is 56.3 Å². The monoisotopic (exact) mass is 622 g/mol. The van der Waals surface area contributed by atoms with Crippen LogP contribution in [0.1, 0.15) is 98.4 Å². The number of aromatic amines is 2. The van der Waals surface area contributed by atoms with E-state index < -0.39 is 11.9 Å². The van der Waals surface area contributed by atoms with Gasteiger partial charge in [-0.3, -0.25) is 9.59 Å². The number of nitrogens with one attached hydrogen (secondary N) is 2. The number of aromatic nitrogens is 4. The van der Waals surface area contributed by atoms with Crippen LogP contribution in [0, 0.1) is 13.8 Å². The Morgan fingerprint density at radius 2 is 1.02 bits per heavy atom. The van der Waals surface area contributed by atoms with Gasteiger partial charge in [0.1, 0.15) is 0 Å². The maximum absolute atomic E-state index is 11.5. The molecule has 0 radical (unpaired) electrons. The average Bonchev–Trinajstić information content (AvgIpc) is 3.59. The third kappa shape index (κ3) is 6.10. The van der Waals surface area contributed by atoms with Gasteiger partial charge in [-0.25, -0.2) is 9.97 Å². The number of H-pyrrole nitrogens is 2. The molecule has 0 fully saturated rings. The van der Waals surface area contributed by atoms with Gasteiger partial charge in [-0.1, -0.05) is 13.8 Å². The number of hydrogen-bond donors (Lipinski definition) is 4. The molecule has 8 bridgehead atoms. The summed E-state index contributed by atoms with van der Waals surface area (Å²) >= 11 is 0. The van der Waals surface area contributed by atoms with Crippen molar-refractivity contribution < 1.29 is 36.9 Å². The molecule has 0 saturated carbocycles. The molecule has 43 heavy (non-hydrogen) atoms. The first kappa shape index (κ1) is 32.0. The fourth-order valence-electron chi connectivity index (χ4n) is 6.22. The van der Waals surface area contributed by atoms with Gasteiger partial charge in [-0.05, 0) is 122 Å². The van der Waals surface area contributed by atoms with Gasteiger partial charge in [-0.2, -0.15) is 0 Å². The van der Waals surface area contributed by atoms with E-state index in [-0.39, 0.29) is 29.9 Å². The molecule has 3 aromatic heterocycles. The molecular weight excluding hydrogens is 584 g/mol. The Morgan fingerprint density at radius 1 is 0.628 bits per heavy atom. The summed E-state index contributed by atoms with van der Waals surface area (Å²) in [4.78, 5) is 40.3. The van der Waals surface area contributed by atoms with Crippen molar-refractivity contribution in [2.24, 2.45) is 0 Å². The summed E-state index contributed by atoms with van der Waals surface area (Å²) < 4.78 is 0. The zero-order valence-electron chi connectivity index (χ0n) is 25.5. The van der Waals surface area contributed by atoms with Gasteiger partial charge < -0.3 is 20.2 Å². The van der Waals surface area contributed by atoms with Crippen molar-refractivity contribution in [3.63, 3.8) is 0 Å². The number of carboxylic acid groups (broad SMARTS) is 2. The molecule has 0 unspecified atom stereocenters. The van der Waals surface area contributed by atoms with E-state index in [1.165, 1.54) is 16.7 Å². The summed E-state index contributed by atoms with van der Waals surface area (Å²) in [5, 5.41) is 18.9. The first-order chi connectivity index (χ1) is 20.0. The van der Waals surface area contributed by atoms with Crippen molar-refractivity contribution in [2.45, 2.75) is 80.1 Å². The second kappa shape index (κ2) is 12.7. The van der Waals surface area contributed by atoms with E-state index in [0.29, 0.717) is 24.2 Å². The molecule has 5 rings (SSSR count). The molecule has 8 nitrogen and oxygen atoms in total. The molecule has 2 aliphatic rings. The molecule has 3 aromatic rings. The molecular formula is C34H38FeN4O4. The fraction of sp³-hybridized carbons (Fsp3) is 0.353. The van der Waals surface area contributed by atoms with Crippen LogP contribution in [-0.4, -0.2) is 42.1 Å². The van der Waals surface area contributed by atoms with Crippen LogP contribution in [0.25, 0.3) is 44.4 Å². The Bertz CT molecular complexity index is 1860. The van der Waals surface area contributed by atoms with Crippen molar-refractivity contribution in [3.8, 4) is 0 Å². The maximum atomic E-state index is 11.5. The first-order valence-corrected chi connectivity index (χ1v) is 14.6. The Hall–Kier alpha value is -3.94. The minimum Gasteiger partial charge on any atom is -0.481 e. The molecule has 4 N–H and O–H groups in total. The van der Waals surface area contributed by atoms with E-state index in [0.717, 1.165) is 74.2 Å². The standard InChI is InChI=1S/C34H38N4O4.Fe/c1-7-21-17(3)25-13-26-19(5)23(9-11-33(39)40)31(37-26)16-32-24(10-12-34(41)42)20(6)28(38-32)15-30-22(8-2)18(4)27(36-30)14-29(21)35-25;/h13-16,35-36H,7-12H2,1-6H3,(H,39,40)(H,41,42);. The minimum absolute atomic E-state index is 0. The normalized spacial score (nSPS) is 13.0. The van der Waals surface area contributed by atoms with Crippen LogP contribution in [0.4, 0.5) is 0 Å². The van der Waals surface area contributed by atoms with Gasteiger partial charge in [0.25, 0.3) is 0 Å². The quantitative estimate of drug-likeness (QED) is 0.191. The van der Waals surface area contributed by atoms with Gasteiger partial charge in [-0.15, -0.1) is 0 Å². The van der Waals surface area contributed by atoms with Crippen molar-refractivity contribution in [2.75, 3.05) is 0 Å². The number of aryl methyl sites for hydroxylation is 4.